The molecule has 0 spiro atoms. The Labute approximate surface area is 233 Å². The molecule has 3 fully saturated rings. The summed E-state index contributed by atoms with van der Waals surface area (Å²) in [7, 11) is 0. The number of alkyl halides is 1. The zero-order chi connectivity index (χ0) is 29.8. The average Bonchev–Trinajstić information content (AvgIpc) is 2.98. The van der Waals surface area contributed by atoms with Crippen LogP contribution in [0.15, 0.2) is 30.3 Å². The lowest BCUT2D eigenvalue weighted by Gasteiger charge is -2.46. The number of rotatable bonds is 10. The van der Waals surface area contributed by atoms with Crippen molar-refractivity contribution in [3.05, 3.63) is 35.9 Å². The van der Waals surface area contributed by atoms with Crippen molar-refractivity contribution < 1.29 is 78.8 Å². The fourth-order valence-electron chi connectivity index (χ4n) is 4.87. The van der Waals surface area contributed by atoms with Gasteiger partial charge in [-0.05, 0) is 5.56 Å². The van der Waals surface area contributed by atoms with Gasteiger partial charge in [-0.1, -0.05) is 30.3 Å². The van der Waals surface area contributed by atoms with Crippen molar-refractivity contribution >= 4 is 0 Å². The topological polar surface area (TPSA) is 237 Å². The number of hydrogen-bond acceptors (Lipinski definition) is 15. The Morgan fingerprint density at radius 1 is 0.634 bits per heavy atom. The minimum absolute atomic E-state index is 0.108. The van der Waals surface area contributed by atoms with Crippen LogP contribution in [0.4, 0.5) is 4.39 Å². The molecule has 0 bridgehead atoms. The summed E-state index contributed by atoms with van der Waals surface area (Å²) in [5.41, 5.74) is 0.661. The van der Waals surface area contributed by atoms with Gasteiger partial charge in [-0.25, -0.2) is 4.39 Å². The quantitative estimate of drug-likeness (QED) is 0.124. The third-order valence-electron chi connectivity index (χ3n) is 7.29. The zero-order valence-corrected chi connectivity index (χ0v) is 21.7. The second kappa shape index (κ2) is 14.3. The van der Waals surface area contributed by atoms with Gasteiger partial charge >= 0.3 is 0 Å². The van der Waals surface area contributed by atoms with Gasteiger partial charge in [-0.2, -0.15) is 0 Å². The zero-order valence-electron chi connectivity index (χ0n) is 21.7. The van der Waals surface area contributed by atoms with Gasteiger partial charge in [-0.15, -0.1) is 0 Å². The predicted molar refractivity (Wildman–Crippen MR) is 129 cm³/mol. The first-order chi connectivity index (χ1) is 19.6. The van der Waals surface area contributed by atoms with E-state index in [0.717, 1.165) is 0 Å². The number of halogens is 1. The third kappa shape index (κ3) is 7.20. The molecule has 15 nitrogen and oxygen atoms in total. The SMILES string of the molecule is OC[C@H]1O[C@H](OC[C@H]2O[C@@H](O)[C@H](F)[C@@H](O[C@H]3O[C@H](CO)[C@@H](O)[C@H](O)[C@@H]3O)[C@@H]2OCc2ccccc2)[C@@H](O)[C@@H](O)[C@@H]1O. The van der Waals surface area contributed by atoms with Crippen LogP contribution in [0.3, 0.4) is 0 Å². The van der Waals surface area contributed by atoms with Crippen molar-refractivity contribution in [3.8, 4) is 0 Å². The van der Waals surface area contributed by atoms with Crippen LogP contribution in [0.2, 0.25) is 0 Å². The Bertz CT molecular complexity index is 928. The number of ether oxygens (including phenoxy) is 6. The highest BCUT2D eigenvalue weighted by atomic mass is 19.1. The molecule has 1 aromatic carbocycles. The number of hydrogen-bond donors (Lipinski definition) is 9. The van der Waals surface area contributed by atoms with Gasteiger partial charge in [0, 0.05) is 0 Å². The van der Waals surface area contributed by atoms with Crippen molar-refractivity contribution in [1.82, 2.24) is 0 Å². The third-order valence-corrected chi connectivity index (χ3v) is 7.29. The van der Waals surface area contributed by atoms with E-state index >= 15 is 4.39 Å². The molecule has 0 unspecified atom stereocenters. The molecule has 9 N–H and O–H groups in total. The van der Waals surface area contributed by atoms with E-state index in [0.29, 0.717) is 5.56 Å². The second-order valence-corrected chi connectivity index (χ2v) is 10.1. The fourth-order valence-corrected chi connectivity index (χ4v) is 4.87. The Kier molecular flexibility index (Phi) is 11.4. The second-order valence-electron chi connectivity index (χ2n) is 10.1. The van der Waals surface area contributed by atoms with E-state index in [1.807, 2.05) is 0 Å². The number of benzene rings is 1. The summed E-state index contributed by atoms with van der Waals surface area (Å²) >= 11 is 0. The first-order valence-corrected chi connectivity index (χ1v) is 13.1. The fraction of sp³-hybridized carbons (Fsp3) is 0.760. The Morgan fingerprint density at radius 3 is 1.78 bits per heavy atom. The lowest BCUT2D eigenvalue weighted by atomic mass is 9.97. The predicted octanol–water partition coefficient (Wildman–Crippen LogP) is -4.37. The van der Waals surface area contributed by atoms with Crippen LogP contribution in [0.25, 0.3) is 0 Å². The monoisotopic (exact) mass is 596 g/mol. The smallest absolute Gasteiger partial charge is 0.189 e. The summed E-state index contributed by atoms with van der Waals surface area (Å²) in [6.45, 7) is -2.13. The minimum Gasteiger partial charge on any atom is -0.394 e. The van der Waals surface area contributed by atoms with Crippen LogP contribution in [0, 0.1) is 0 Å². The summed E-state index contributed by atoms with van der Waals surface area (Å²) < 4.78 is 48.6. The highest BCUT2D eigenvalue weighted by Gasteiger charge is 2.53. The maximum atomic E-state index is 15.4. The van der Waals surface area contributed by atoms with E-state index in [4.69, 9.17) is 28.4 Å². The molecule has 3 aliphatic heterocycles. The molecular formula is C25H37FO15. The molecule has 0 aliphatic carbocycles. The first kappa shape index (κ1) is 32.5. The van der Waals surface area contributed by atoms with Gasteiger partial charge in [-0.3, -0.25) is 0 Å². The summed E-state index contributed by atoms with van der Waals surface area (Å²) in [5, 5.41) is 90.2. The lowest BCUT2D eigenvalue weighted by Crippen LogP contribution is -2.64. The molecule has 3 saturated heterocycles. The molecule has 15 atom stereocenters. The maximum Gasteiger partial charge on any atom is 0.189 e. The van der Waals surface area contributed by atoms with Gasteiger partial charge in [0.15, 0.2) is 25.0 Å². The minimum atomic E-state index is -2.29. The molecule has 16 heteroatoms. The van der Waals surface area contributed by atoms with Crippen LogP contribution in [-0.2, 0) is 35.0 Å². The number of aliphatic hydroxyl groups is 9. The van der Waals surface area contributed by atoms with E-state index in [9.17, 15) is 46.0 Å². The number of aliphatic hydroxyl groups excluding tert-OH is 9. The first-order valence-electron chi connectivity index (χ1n) is 13.1. The highest BCUT2D eigenvalue weighted by Crippen LogP contribution is 2.33. The van der Waals surface area contributed by atoms with Crippen LogP contribution in [0.5, 0.6) is 0 Å². The van der Waals surface area contributed by atoms with Crippen LogP contribution >= 0.6 is 0 Å². The Balaban J connectivity index is 1.54. The molecule has 234 valence electrons. The van der Waals surface area contributed by atoms with Crippen molar-refractivity contribution in [1.29, 1.82) is 0 Å². The van der Waals surface area contributed by atoms with E-state index < -0.39 is 112 Å². The van der Waals surface area contributed by atoms with E-state index in [-0.39, 0.29) is 6.61 Å². The molecule has 3 heterocycles. The molecule has 0 aromatic heterocycles. The molecule has 1 aromatic rings. The van der Waals surface area contributed by atoms with E-state index in [2.05, 4.69) is 0 Å². The molecule has 0 radical (unpaired) electrons. The molecule has 0 saturated carbocycles. The average molecular weight is 597 g/mol. The maximum absolute atomic E-state index is 15.4. The summed E-state index contributed by atoms with van der Waals surface area (Å²) in [5.74, 6) is 0. The van der Waals surface area contributed by atoms with Crippen LogP contribution < -0.4 is 0 Å². The van der Waals surface area contributed by atoms with Gasteiger partial charge < -0.3 is 74.4 Å². The van der Waals surface area contributed by atoms with Gasteiger partial charge in [0.2, 0.25) is 0 Å². The van der Waals surface area contributed by atoms with Crippen molar-refractivity contribution in [2.24, 2.45) is 0 Å². The summed E-state index contributed by atoms with van der Waals surface area (Å²) in [4.78, 5) is 0. The molecule has 3 aliphatic rings. The van der Waals surface area contributed by atoms with Crippen molar-refractivity contribution in [2.45, 2.75) is 98.8 Å². The lowest BCUT2D eigenvalue weighted by molar-refractivity contribution is -0.359. The largest absolute Gasteiger partial charge is 0.394 e. The van der Waals surface area contributed by atoms with Gasteiger partial charge in [0.1, 0.15) is 67.1 Å². The van der Waals surface area contributed by atoms with Crippen LogP contribution in [-0.4, -0.2) is 158 Å². The Morgan fingerprint density at radius 2 is 1.20 bits per heavy atom. The van der Waals surface area contributed by atoms with Gasteiger partial charge in [0.25, 0.3) is 0 Å². The normalized spacial score (nSPS) is 45.5. The van der Waals surface area contributed by atoms with Crippen molar-refractivity contribution in [2.75, 3.05) is 19.8 Å². The molecular weight excluding hydrogens is 559 g/mol. The Hall–Kier alpha value is -1.45. The molecule has 4 rings (SSSR count). The molecule has 0 amide bonds. The summed E-state index contributed by atoms with van der Waals surface area (Å²) in [6, 6.07) is 8.68. The van der Waals surface area contributed by atoms with E-state index in [1.54, 1.807) is 30.3 Å². The van der Waals surface area contributed by atoms with Gasteiger partial charge in [0.05, 0.1) is 26.4 Å². The summed E-state index contributed by atoms with van der Waals surface area (Å²) in [6.07, 6.45) is -25.3. The van der Waals surface area contributed by atoms with Crippen molar-refractivity contribution in [3.63, 3.8) is 0 Å². The standard InChI is InChI=1S/C25H37FO15/c26-14-22(41-25-20(34)18(32)16(30)12(7-28)40-25)21(36-8-10-4-2-1-3-5-10)13(38-23(14)35)9-37-24-19(33)17(31)15(29)11(6-27)39-24/h1-5,11-25,27-35H,6-9H2/t11-,12-,13-,14-,15-,16-,17+,18+,19+,20+,21-,22-,23-,24+,25-/m1/s1. The van der Waals surface area contributed by atoms with Crippen LogP contribution in [0.1, 0.15) is 5.56 Å². The highest BCUT2D eigenvalue weighted by molar-refractivity contribution is 5.13. The molecule has 41 heavy (non-hydrogen) atoms. The van der Waals surface area contributed by atoms with E-state index in [1.165, 1.54) is 0 Å².